The maximum atomic E-state index is 4.39. The van der Waals surface area contributed by atoms with Gasteiger partial charge in [-0.05, 0) is 24.3 Å². The van der Waals surface area contributed by atoms with Crippen molar-refractivity contribution >= 4 is 10.9 Å². The number of hydrogen-bond donors (Lipinski definition) is 0. The van der Waals surface area contributed by atoms with Crippen molar-refractivity contribution in [2.45, 2.75) is 0 Å². The van der Waals surface area contributed by atoms with Crippen LogP contribution in [-0.2, 0) is 0 Å². The zero-order valence-corrected chi connectivity index (χ0v) is 11.2. The summed E-state index contributed by atoms with van der Waals surface area (Å²) < 4.78 is 1.86. The largest absolute Gasteiger partial charge is 0.256 e. The van der Waals surface area contributed by atoms with Crippen LogP contribution in [0, 0.1) is 0 Å². The van der Waals surface area contributed by atoms with E-state index in [-0.39, 0.29) is 0 Å². The highest BCUT2D eigenvalue weighted by Crippen LogP contribution is 2.25. The molecule has 0 atom stereocenters. The summed E-state index contributed by atoms with van der Waals surface area (Å²) in [5, 5.41) is 9.38. The molecule has 2 heterocycles. The third kappa shape index (κ3) is 1.97. The molecule has 0 bridgehead atoms. The molecule has 0 saturated carbocycles. The second-order valence-corrected chi connectivity index (χ2v) is 4.74. The molecule has 0 N–H and O–H groups in total. The Balaban J connectivity index is 1.97. The first-order valence-corrected chi connectivity index (χ1v) is 6.74. The molecule has 0 radical (unpaired) electrons. The summed E-state index contributed by atoms with van der Waals surface area (Å²) in [5.41, 5.74) is 3.98. The summed E-state index contributed by atoms with van der Waals surface area (Å²) in [4.78, 5) is 4.39. The number of hydrogen-bond acceptors (Lipinski definition) is 3. The van der Waals surface area contributed by atoms with Gasteiger partial charge in [0.2, 0.25) is 0 Å². The van der Waals surface area contributed by atoms with E-state index in [1.54, 1.807) is 12.4 Å². The summed E-state index contributed by atoms with van der Waals surface area (Å²) in [7, 11) is 0. The lowest BCUT2D eigenvalue weighted by molar-refractivity contribution is 0.812. The lowest BCUT2D eigenvalue weighted by Gasteiger charge is -2.09. The summed E-state index contributed by atoms with van der Waals surface area (Å²) in [6, 6.07) is 20.1. The Morgan fingerprint density at radius 3 is 2.62 bits per heavy atom. The Bertz CT molecular complexity index is 891. The molecule has 0 unspecified atom stereocenters. The Morgan fingerprint density at radius 1 is 0.810 bits per heavy atom. The summed E-state index contributed by atoms with van der Waals surface area (Å²) in [6.45, 7) is 0. The predicted octanol–water partition coefficient (Wildman–Crippen LogP) is 3.48. The van der Waals surface area contributed by atoms with E-state index in [4.69, 9.17) is 0 Å². The standard InChI is InChI=1S/C17H12N4/c1-2-6-13(7-3-1)17-12-19-20-21(17)16-10-4-9-15-14(16)8-5-11-18-15/h1-12H. The summed E-state index contributed by atoms with van der Waals surface area (Å²) in [6.07, 6.45) is 3.58. The van der Waals surface area contributed by atoms with Gasteiger partial charge in [-0.3, -0.25) is 4.98 Å². The van der Waals surface area contributed by atoms with Gasteiger partial charge < -0.3 is 0 Å². The highest BCUT2D eigenvalue weighted by atomic mass is 15.4. The first-order chi connectivity index (χ1) is 10.4. The molecule has 4 heteroatoms. The molecule has 0 amide bonds. The van der Waals surface area contributed by atoms with Crippen molar-refractivity contribution in [3.8, 4) is 16.9 Å². The van der Waals surface area contributed by atoms with Crippen molar-refractivity contribution in [1.29, 1.82) is 0 Å². The SMILES string of the molecule is c1ccc(-c2cnnn2-c2cccc3ncccc23)cc1. The molecule has 0 aliphatic rings. The molecule has 2 aromatic carbocycles. The Hall–Kier alpha value is -3.01. The van der Waals surface area contributed by atoms with Crippen LogP contribution in [0.2, 0.25) is 0 Å². The van der Waals surface area contributed by atoms with Gasteiger partial charge in [-0.25, -0.2) is 4.68 Å². The first-order valence-electron chi connectivity index (χ1n) is 6.74. The van der Waals surface area contributed by atoms with Crippen LogP contribution in [0.1, 0.15) is 0 Å². The molecule has 0 saturated heterocycles. The van der Waals surface area contributed by atoms with Crippen LogP contribution in [0.4, 0.5) is 0 Å². The smallest absolute Gasteiger partial charge is 0.0944 e. The van der Waals surface area contributed by atoms with Crippen LogP contribution in [0.15, 0.2) is 73.1 Å². The van der Waals surface area contributed by atoms with Crippen molar-refractivity contribution in [3.63, 3.8) is 0 Å². The molecule has 4 rings (SSSR count). The van der Waals surface area contributed by atoms with Crippen molar-refractivity contribution in [1.82, 2.24) is 20.0 Å². The molecule has 0 aliphatic heterocycles. The second-order valence-electron chi connectivity index (χ2n) is 4.74. The lowest BCUT2D eigenvalue weighted by atomic mass is 10.1. The van der Waals surface area contributed by atoms with Gasteiger partial charge in [-0.15, -0.1) is 5.10 Å². The van der Waals surface area contributed by atoms with Crippen molar-refractivity contribution < 1.29 is 0 Å². The van der Waals surface area contributed by atoms with Gasteiger partial charge in [-0.2, -0.15) is 0 Å². The minimum absolute atomic E-state index is 0.949. The van der Waals surface area contributed by atoms with E-state index in [1.807, 2.05) is 53.2 Å². The molecular formula is C17H12N4. The van der Waals surface area contributed by atoms with E-state index in [1.165, 1.54) is 0 Å². The highest BCUT2D eigenvalue weighted by Gasteiger charge is 2.11. The maximum Gasteiger partial charge on any atom is 0.0944 e. The maximum absolute atomic E-state index is 4.39. The third-order valence-electron chi connectivity index (χ3n) is 3.47. The van der Waals surface area contributed by atoms with Crippen molar-refractivity contribution in [3.05, 3.63) is 73.1 Å². The molecule has 4 aromatic rings. The highest BCUT2D eigenvalue weighted by molar-refractivity contribution is 5.87. The van der Waals surface area contributed by atoms with Gasteiger partial charge in [0.1, 0.15) is 0 Å². The number of nitrogens with zero attached hydrogens (tertiary/aromatic N) is 4. The zero-order valence-electron chi connectivity index (χ0n) is 11.2. The predicted molar refractivity (Wildman–Crippen MR) is 82.1 cm³/mol. The van der Waals surface area contributed by atoms with Crippen LogP contribution in [-0.4, -0.2) is 20.0 Å². The fourth-order valence-corrected chi connectivity index (χ4v) is 2.49. The van der Waals surface area contributed by atoms with Gasteiger partial charge in [-0.1, -0.05) is 41.6 Å². The van der Waals surface area contributed by atoms with Crippen LogP contribution < -0.4 is 0 Å². The van der Waals surface area contributed by atoms with Crippen molar-refractivity contribution in [2.75, 3.05) is 0 Å². The number of fused-ring (bicyclic) bond motifs is 1. The van der Waals surface area contributed by atoms with E-state index in [9.17, 15) is 0 Å². The summed E-state index contributed by atoms with van der Waals surface area (Å²) >= 11 is 0. The topological polar surface area (TPSA) is 43.6 Å². The number of aromatic nitrogens is 4. The second kappa shape index (κ2) is 4.83. The van der Waals surface area contributed by atoms with E-state index in [2.05, 4.69) is 27.4 Å². The van der Waals surface area contributed by atoms with Crippen LogP contribution in [0.5, 0.6) is 0 Å². The Labute approximate surface area is 121 Å². The number of benzene rings is 2. The molecule has 21 heavy (non-hydrogen) atoms. The quantitative estimate of drug-likeness (QED) is 0.561. The fourth-order valence-electron chi connectivity index (χ4n) is 2.49. The number of pyridine rings is 1. The molecule has 4 nitrogen and oxygen atoms in total. The minimum atomic E-state index is 0.949. The van der Waals surface area contributed by atoms with Crippen LogP contribution >= 0.6 is 0 Å². The molecular weight excluding hydrogens is 260 g/mol. The first kappa shape index (κ1) is 11.8. The molecule has 0 fully saturated rings. The monoisotopic (exact) mass is 272 g/mol. The summed E-state index contributed by atoms with van der Waals surface area (Å²) in [5.74, 6) is 0. The van der Waals surface area contributed by atoms with E-state index in [0.717, 1.165) is 27.8 Å². The molecule has 100 valence electrons. The molecule has 2 aromatic heterocycles. The zero-order chi connectivity index (χ0) is 14.1. The van der Waals surface area contributed by atoms with Crippen LogP contribution in [0.25, 0.3) is 27.8 Å². The Morgan fingerprint density at radius 2 is 1.71 bits per heavy atom. The number of rotatable bonds is 2. The molecule has 0 aliphatic carbocycles. The average molecular weight is 272 g/mol. The Kier molecular flexibility index (Phi) is 2.71. The third-order valence-corrected chi connectivity index (χ3v) is 3.47. The fraction of sp³-hybridized carbons (Fsp3) is 0. The van der Waals surface area contributed by atoms with E-state index >= 15 is 0 Å². The molecule has 0 spiro atoms. The average Bonchev–Trinajstić information content (AvgIpc) is 3.04. The van der Waals surface area contributed by atoms with E-state index < -0.39 is 0 Å². The van der Waals surface area contributed by atoms with Gasteiger partial charge in [0.05, 0.1) is 23.1 Å². The normalized spacial score (nSPS) is 10.9. The van der Waals surface area contributed by atoms with Gasteiger partial charge >= 0.3 is 0 Å². The van der Waals surface area contributed by atoms with Gasteiger partial charge in [0.25, 0.3) is 0 Å². The van der Waals surface area contributed by atoms with Gasteiger partial charge in [0, 0.05) is 17.1 Å². The van der Waals surface area contributed by atoms with Crippen molar-refractivity contribution in [2.24, 2.45) is 0 Å². The minimum Gasteiger partial charge on any atom is -0.256 e. The van der Waals surface area contributed by atoms with E-state index in [0.29, 0.717) is 0 Å². The van der Waals surface area contributed by atoms with Crippen LogP contribution in [0.3, 0.4) is 0 Å². The lowest BCUT2D eigenvalue weighted by Crippen LogP contribution is -2.00. The van der Waals surface area contributed by atoms with Gasteiger partial charge in [0.15, 0.2) is 0 Å².